The van der Waals surface area contributed by atoms with Crippen molar-refractivity contribution in [3.63, 3.8) is 0 Å². The summed E-state index contributed by atoms with van der Waals surface area (Å²) in [6.07, 6.45) is 0.595. The largest absolute Gasteiger partial charge is 0.504 e. The molecule has 0 fully saturated rings. The third kappa shape index (κ3) is 4.99. The van der Waals surface area contributed by atoms with Gasteiger partial charge in [0.25, 0.3) is 0 Å². The maximum atomic E-state index is 11.8. The zero-order valence-electron chi connectivity index (χ0n) is 13.4. The van der Waals surface area contributed by atoms with E-state index in [2.05, 4.69) is 0 Å². The number of benzene rings is 2. The molecule has 0 aliphatic rings. The van der Waals surface area contributed by atoms with E-state index in [-0.39, 0.29) is 29.4 Å². The summed E-state index contributed by atoms with van der Waals surface area (Å²) in [7, 11) is 0. The van der Waals surface area contributed by atoms with Crippen LogP contribution in [0, 0.1) is 0 Å². The summed E-state index contributed by atoms with van der Waals surface area (Å²) in [5, 5.41) is 46.4. The van der Waals surface area contributed by atoms with E-state index in [1.807, 2.05) is 0 Å². The van der Waals surface area contributed by atoms with Crippen LogP contribution in [-0.4, -0.2) is 43.6 Å². The lowest BCUT2D eigenvalue weighted by Gasteiger charge is -2.08. The minimum atomic E-state index is -1.60. The number of hydrogen-bond acceptors (Lipinski definition) is 7. The van der Waals surface area contributed by atoms with Crippen molar-refractivity contribution in [2.24, 2.45) is 0 Å². The molecule has 0 saturated heterocycles. The van der Waals surface area contributed by atoms with Gasteiger partial charge in [0.1, 0.15) is 0 Å². The summed E-state index contributed by atoms with van der Waals surface area (Å²) in [5.41, 5.74) is 0.798. The fourth-order valence-corrected chi connectivity index (χ4v) is 2.04. The lowest BCUT2D eigenvalue weighted by molar-refractivity contribution is -0.146. The van der Waals surface area contributed by atoms with Crippen molar-refractivity contribution in [2.75, 3.05) is 0 Å². The number of carboxylic acids is 1. The fraction of sp³-hybridized carbons (Fsp3) is 0.111. The molecule has 0 spiro atoms. The maximum Gasteiger partial charge on any atom is 0.336 e. The molecule has 0 aromatic heterocycles. The predicted octanol–water partition coefficient (Wildman–Crippen LogP) is 1.41. The van der Waals surface area contributed by atoms with Crippen LogP contribution in [0.25, 0.3) is 6.08 Å². The van der Waals surface area contributed by atoms with Crippen LogP contribution in [0.5, 0.6) is 23.0 Å². The van der Waals surface area contributed by atoms with Crippen molar-refractivity contribution in [1.29, 1.82) is 0 Å². The van der Waals surface area contributed by atoms with Gasteiger partial charge in [-0.15, -0.1) is 0 Å². The van der Waals surface area contributed by atoms with E-state index in [9.17, 15) is 30.0 Å². The molecule has 2 aromatic rings. The molecule has 0 amide bonds. The monoisotopic (exact) mass is 360 g/mol. The minimum absolute atomic E-state index is 0.137. The fourth-order valence-electron chi connectivity index (χ4n) is 2.04. The second-order valence-corrected chi connectivity index (χ2v) is 5.36. The Bertz CT molecular complexity index is 856. The van der Waals surface area contributed by atoms with Crippen molar-refractivity contribution in [2.45, 2.75) is 12.5 Å². The van der Waals surface area contributed by atoms with Gasteiger partial charge in [0.2, 0.25) is 0 Å². The predicted molar refractivity (Wildman–Crippen MR) is 89.9 cm³/mol. The van der Waals surface area contributed by atoms with Crippen molar-refractivity contribution in [1.82, 2.24) is 0 Å². The highest BCUT2D eigenvalue weighted by Crippen LogP contribution is 2.28. The second kappa shape index (κ2) is 8.04. The Labute approximate surface area is 147 Å². The van der Waals surface area contributed by atoms with Crippen LogP contribution in [-0.2, 0) is 16.0 Å². The molecular weight excluding hydrogens is 344 g/mol. The summed E-state index contributed by atoms with van der Waals surface area (Å²) in [4.78, 5) is 22.4. The first-order valence-electron chi connectivity index (χ1n) is 7.41. The van der Waals surface area contributed by atoms with Crippen molar-refractivity contribution in [3.8, 4) is 23.0 Å². The number of rotatable bonds is 6. The molecule has 0 bridgehead atoms. The molecule has 0 aliphatic heterocycles. The zero-order valence-corrected chi connectivity index (χ0v) is 13.4. The number of hydrogen-bond donors (Lipinski definition) is 5. The van der Waals surface area contributed by atoms with Gasteiger partial charge in [-0.2, -0.15) is 0 Å². The smallest absolute Gasteiger partial charge is 0.336 e. The molecule has 8 nitrogen and oxygen atoms in total. The van der Waals surface area contributed by atoms with Gasteiger partial charge in [-0.25, -0.2) is 9.59 Å². The Morgan fingerprint density at radius 2 is 1.73 bits per heavy atom. The topological polar surface area (TPSA) is 145 Å². The zero-order chi connectivity index (χ0) is 19.3. The number of aliphatic hydroxyl groups is 1. The molecule has 26 heavy (non-hydrogen) atoms. The van der Waals surface area contributed by atoms with E-state index in [1.54, 1.807) is 0 Å². The highest BCUT2D eigenvalue weighted by molar-refractivity contribution is 5.89. The first-order valence-corrected chi connectivity index (χ1v) is 7.41. The van der Waals surface area contributed by atoms with E-state index in [4.69, 9.17) is 9.84 Å². The van der Waals surface area contributed by atoms with Crippen LogP contribution in [0.1, 0.15) is 11.1 Å². The number of esters is 1. The van der Waals surface area contributed by atoms with Crippen LogP contribution < -0.4 is 4.74 Å². The van der Waals surface area contributed by atoms with E-state index in [1.165, 1.54) is 42.5 Å². The van der Waals surface area contributed by atoms with E-state index in [0.29, 0.717) is 11.1 Å². The van der Waals surface area contributed by atoms with Crippen LogP contribution in [0.15, 0.2) is 42.5 Å². The number of phenolic OH excluding ortho intramolecular Hbond substituents is 3. The van der Waals surface area contributed by atoms with Crippen molar-refractivity contribution in [3.05, 3.63) is 53.6 Å². The van der Waals surface area contributed by atoms with Gasteiger partial charge in [0.15, 0.2) is 29.1 Å². The Balaban J connectivity index is 2.03. The number of carbonyl (C=O) groups is 2. The molecule has 0 heterocycles. The van der Waals surface area contributed by atoms with E-state index in [0.717, 1.165) is 6.08 Å². The van der Waals surface area contributed by atoms with Gasteiger partial charge in [-0.05, 0) is 41.5 Å². The number of ether oxygens (including phenoxy) is 1. The second-order valence-electron chi connectivity index (χ2n) is 5.36. The number of phenols is 3. The molecular formula is C18H16O8. The molecule has 0 aliphatic carbocycles. The van der Waals surface area contributed by atoms with Gasteiger partial charge in [0.05, 0.1) is 0 Å². The number of aromatic hydroxyl groups is 3. The number of carbonyl (C=O) groups excluding carboxylic acids is 1. The molecule has 0 saturated carbocycles. The number of aliphatic hydroxyl groups excluding tert-OH is 1. The average molecular weight is 360 g/mol. The van der Waals surface area contributed by atoms with Gasteiger partial charge >= 0.3 is 11.9 Å². The van der Waals surface area contributed by atoms with Crippen molar-refractivity contribution < 1.29 is 39.9 Å². The summed E-state index contributed by atoms with van der Waals surface area (Å²) in [5.74, 6) is -3.33. The Hall–Kier alpha value is -3.52. The molecule has 136 valence electrons. The van der Waals surface area contributed by atoms with Crippen LogP contribution in [0.3, 0.4) is 0 Å². The van der Waals surface area contributed by atoms with Gasteiger partial charge in [0, 0.05) is 12.5 Å². The summed E-state index contributed by atoms with van der Waals surface area (Å²) in [6, 6.07) is 7.86. The van der Waals surface area contributed by atoms with E-state index >= 15 is 0 Å². The Morgan fingerprint density at radius 3 is 2.35 bits per heavy atom. The Kier molecular flexibility index (Phi) is 5.82. The average Bonchev–Trinajstić information content (AvgIpc) is 2.58. The van der Waals surface area contributed by atoms with Crippen molar-refractivity contribution >= 4 is 18.0 Å². The summed E-state index contributed by atoms with van der Waals surface area (Å²) < 4.78 is 4.96. The number of carboxylic acid groups (broad SMARTS) is 1. The highest BCUT2D eigenvalue weighted by atomic mass is 16.5. The third-order valence-electron chi connectivity index (χ3n) is 3.36. The van der Waals surface area contributed by atoms with Gasteiger partial charge in [-0.1, -0.05) is 12.1 Å². The van der Waals surface area contributed by atoms with E-state index < -0.39 is 18.0 Å². The molecule has 1 atom stereocenters. The van der Waals surface area contributed by atoms with Crippen LogP contribution in [0.4, 0.5) is 0 Å². The first kappa shape index (κ1) is 18.8. The highest BCUT2D eigenvalue weighted by Gasteiger charge is 2.15. The standard InChI is InChI=1S/C18H16O8/c19-12-4-1-10(7-13(12)20)3-6-17(23)26-16-5-2-11(8-14(16)21)9-15(22)18(24)25/h1-8,15,19-22H,9H2,(H,24,25)/b6-3-. The van der Waals surface area contributed by atoms with Gasteiger partial charge in [-0.3, -0.25) is 0 Å². The summed E-state index contributed by atoms with van der Waals surface area (Å²) in [6.45, 7) is 0. The Morgan fingerprint density at radius 1 is 1.00 bits per heavy atom. The molecule has 2 rings (SSSR count). The van der Waals surface area contributed by atoms with Gasteiger partial charge < -0.3 is 30.3 Å². The first-order chi connectivity index (χ1) is 12.3. The molecule has 1 unspecified atom stereocenters. The molecule has 5 N–H and O–H groups in total. The van der Waals surface area contributed by atoms with Crippen LogP contribution >= 0.6 is 0 Å². The quantitative estimate of drug-likeness (QED) is 0.225. The molecule has 2 aromatic carbocycles. The summed E-state index contributed by atoms with van der Waals surface area (Å²) >= 11 is 0. The normalized spacial score (nSPS) is 12.0. The minimum Gasteiger partial charge on any atom is -0.504 e. The SMILES string of the molecule is O=C(/C=C\c1ccc(O)c(O)c1)Oc1ccc(CC(O)C(=O)O)cc1O. The molecule has 8 heteroatoms. The molecule has 0 radical (unpaired) electrons. The maximum absolute atomic E-state index is 11.8. The lowest BCUT2D eigenvalue weighted by Crippen LogP contribution is -2.21. The number of aliphatic carboxylic acids is 1. The van der Waals surface area contributed by atoms with Crippen LogP contribution in [0.2, 0.25) is 0 Å². The lowest BCUT2D eigenvalue weighted by atomic mass is 10.1. The third-order valence-corrected chi connectivity index (χ3v) is 3.36.